The Morgan fingerprint density at radius 1 is 1.18 bits per heavy atom. The van der Waals surface area contributed by atoms with Crippen LogP contribution in [0, 0.1) is 5.92 Å². The number of hydrogen-bond acceptors (Lipinski definition) is 0. The van der Waals surface area contributed by atoms with Gasteiger partial charge in [-0.15, -0.1) is 0 Å². The first-order valence-corrected chi connectivity index (χ1v) is 4.04. The summed E-state index contributed by atoms with van der Waals surface area (Å²) in [6.07, 6.45) is 7.08. The van der Waals surface area contributed by atoms with Gasteiger partial charge in [-0.25, -0.2) is 0 Å². The Bertz CT molecular complexity index is 175. The summed E-state index contributed by atoms with van der Waals surface area (Å²) in [6, 6.07) is 0. The van der Waals surface area contributed by atoms with Crippen molar-refractivity contribution in [2.45, 2.75) is 33.6 Å². The van der Waals surface area contributed by atoms with Gasteiger partial charge in [0.15, 0.2) is 0 Å². The van der Waals surface area contributed by atoms with E-state index in [-0.39, 0.29) is 27.3 Å². The average molecular weight is 345 g/mol. The van der Waals surface area contributed by atoms with Gasteiger partial charge in [0.05, 0.1) is 0 Å². The third-order valence-corrected chi connectivity index (χ3v) is 2.11. The van der Waals surface area contributed by atoms with Crippen LogP contribution in [0.5, 0.6) is 0 Å². The molecule has 0 aromatic rings. The van der Waals surface area contributed by atoms with Gasteiger partial charge < -0.3 is 0 Å². The van der Waals surface area contributed by atoms with Crippen molar-refractivity contribution in [2.75, 3.05) is 0 Å². The van der Waals surface area contributed by atoms with E-state index in [4.69, 9.17) is 0 Å². The quantitative estimate of drug-likeness (QED) is 0.506. The Morgan fingerprint density at radius 2 is 1.82 bits per heavy atom. The third-order valence-electron chi connectivity index (χ3n) is 2.11. The van der Waals surface area contributed by atoms with E-state index in [0.29, 0.717) is 0 Å². The van der Waals surface area contributed by atoms with Crippen molar-refractivity contribution >= 4 is 27.3 Å². The molecule has 0 spiro atoms. The molecule has 62 valence electrons. The maximum absolute atomic E-state index is 2.38. The Hall–Kier alpha value is 0.402. The summed E-state index contributed by atoms with van der Waals surface area (Å²) in [4.78, 5) is 0. The zero-order chi connectivity index (χ0) is 7.56. The fourth-order valence-electron chi connectivity index (χ4n) is 1.22. The maximum atomic E-state index is 2.38. The molecule has 0 atom stereocenters. The summed E-state index contributed by atoms with van der Waals surface area (Å²) in [5.74, 6) is 0.740. The fraction of sp³-hybridized carbons (Fsp3) is 0.600. The fourth-order valence-corrected chi connectivity index (χ4v) is 1.22. The van der Waals surface area contributed by atoms with Crippen molar-refractivity contribution in [1.29, 1.82) is 0 Å². The van der Waals surface area contributed by atoms with E-state index in [1.807, 2.05) is 0 Å². The molecule has 0 saturated heterocycles. The molecule has 1 aliphatic carbocycles. The van der Waals surface area contributed by atoms with Crippen LogP contribution >= 0.6 is 0 Å². The first-order chi connectivity index (χ1) is 4.70. The van der Waals surface area contributed by atoms with Gasteiger partial charge in [-0.1, -0.05) is 37.1 Å². The minimum absolute atomic E-state index is 0. The van der Waals surface area contributed by atoms with Gasteiger partial charge in [0.2, 0.25) is 0 Å². The number of allylic oxidation sites excluding steroid dienone is 4. The van der Waals surface area contributed by atoms with Crippen molar-refractivity contribution < 1.29 is 0 Å². The van der Waals surface area contributed by atoms with Crippen LogP contribution in [0.1, 0.15) is 33.6 Å². The molecule has 0 aromatic heterocycles. The van der Waals surface area contributed by atoms with E-state index in [1.54, 1.807) is 5.57 Å². The Balaban J connectivity index is 0.000001000. The van der Waals surface area contributed by atoms with Crippen molar-refractivity contribution in [2.24, 2.45) is 5.92 Å². The number of rotatable bonds is 1. The average Bonchev–Trinajstić information content (AvgIpc) is 1.88. The van der Waals surface area contributed by atoms with Crippen LogP contribution in [0.4, 0.5) is 0 Å². The summed E-state index contributed by atoms with van der Waals surface area (Å²) in [6.45, 7) is 6.73. The van der Waals surface area contributed by atoms with E-state index < -0.39 is 0 Å². The monoisotopic (exact) mass is 346 g/mol. The summed E-state index contributed by atoms with van der Waals surface area (Å²) in [5.41, 5.74) is 3.12. The van der Waals surface area contributed by atoms with Crippen LogP contribution in [-0.4, -0.2) is 27.3 Å². The molecule has 0 fully saturated rings. The van der Waals surface area contributed by atoms with Crippen LogP contribution in [0.3, 0.4) is 0 Å². The first-order valence-electron chi connectivity index (χ1n) is 4.04. The van der Waals surface area contributed by atoms with E-state index >= 15 is 0 Å². The number of hydrogen-bond donors (Lipinski definition) is 0. The summed E-state index contributed by atoms with van der Waals surface area (Å²) < 4.78 is 0. The SMILES string of the molecule is CC1=CCC(C(C)C)=CC1.[PbH2]. The molecule has 1 rings (SSSR count). The molecule has 0 nitrogen and oxygen atoms in total. The van der Waals surface area contributed by atoms with Crippen LogP contribution in [0.25, 0.3) is 0 Å². The topological polar surface area (TPSA) is 0 Å². The Kier molecular flexibility index (Phi) is 5.31. The first kappa shape index (κ1) is 11.4. The van der Waals surface area contributed by atoms with Crippen LogP contribution in [0.15, 0.2) is 23.3 Å². The molecule has 0 saturated carbocycles. The molecule has 1 heteroatoms. The predicted molar refractivity (Wildman–Crippen MR) is 54.5 cm³/mol. The Morgan fingerprint density at radius 3 is 2.18 bits per heavy atom. The molecular formula is C10H18Pb. The summed E-state index contributed by atoms with van der Waals surface area (Å²) >= 11 is 0. The van der Waals surface area contributed by atoms with Gasteiger partial charge in [0.25, 0.3) is 0 Å². The van der Waals surface area contributed by atoms with E-state index in [0.717, 1.165) is 5.92 Å². The van der Waals surface area contributed by atoms with E-state index in [2.05, 4.69) is 32.9 Å². The molecule has 0 aliphatic heterocycles. The second-order valence-electron chi connectivity index (χ2n) is 3.39. The van der Waals surface area contributed by atoms with Gasteiger partial charge >= 0.3 is 27.3 Å². The van der Waals surface area contributed by atoms with Gasteiger partial charge in [-0.3, -0.25) is 0 Å². The van der Waals surface area contributed by atoms with Crippen molar-refractivity contribution in [1.82, 2.24) is 0 Å². The van der Waals surface area contributed by atoms with Gasteiger partial charge in [0.1, 0.15) is 0 Å². The molecule has 11 heavy (non-hydrogen) atoms. The molecule has 0 amide bonds. The molecule has 0 heterocycles. The second-order valence-corrected chi connectivity index (χ2v) is 3.39. The molecule has 1 aliphatic rings. The van der Waals surface area contributed by atoms with Crippen molar-refractivity contribution in [3.8, 4) is 0 Å². The molecular weight excluding hydrogens is 327 g/mol. The summed E-state index contributed by atoms with van der Waals surface area (Å²) in [5, 5.41) is 0. The van der Waals surface area contributed by atoms with Crippen molar-refractivity contribution in [3.63, 3.8) is 0 Å². The zero-order valence-corrected chi connectivity index (χ0v) is 13.4. The normalized spacial score (nSPS) is 17.1. The van der Waals surface area contributed by atoms with Gasteiger partial charge in [-0.05, 0) is 25.7 Å². The third kappa shape index (κ3) is 3.54. The Labute approximate surface area is 89.9 Å². The minimum atomic E-state index is 0. The molecule has 0 unspecified atom stereocenters. The summed E-state index contributed by atoms with van der Waals surface area (Å²) in [7, 11) is 0. The predicted octanol–water partition coefficient (Wildman–Crippen LogP) is 2.39. The molecule has 2 radical (unpaired) electrons. The van der Waals surface area contributed by atoms with Crippen LogP contribution < -0.4 is 0 Å². The van der Waals surface area contributed by atoms with Crippen LogP contribution in [0.2, 0.25) is 0 Å². The van der Waals surface area contributed by atoms with E-state index in [9.17, 15) is 0 Å². The van der Waals surface area contributed by atoms with Gasteiger partial charge in [-0.2, -0.15) is 0 Å². The molecule has 0 bridgehead atoms. The molecule has 0 N–H and O–H groups in total. The zero-order valence-electron chi connectivity index (χ0n) is 7.85. The second kappa shape index (κ2) is 5.12. The molecule has 0 aromatic carbocycles. The van der Waals surface area contributed by atoms with Gasteiger partial charge in [0, 0.05) is 0 Å². The van der Waals surface area contributed by atoms with Crippen molar-refractivity contribution in [3.05, 3.63) is 23.3 Å². The van der Waals surface area contributed by atoms with E-state index in [1.165, 1.54) is 18.4 Å². The van der Waals surface area contributed by atoms with Crippen LogP contribution in [-0.2, 0) is 0 Å². The standard InChI is InChI=1S/C10H16.Pb.2H/c1-8(2)10-6-4-9(3)5-7-10;;;/h4,7-8H,5-6H2,1-3H3;;;.